The molecular formula is C24H46O3. The van der Waals surface area contributed by atoms with Gasteiger partial charge in [0.25, 0.3) is 0 Å². The van der Waals surface area contributed by atoms with E-state index < -0.39 is 0 Å². The highest BCUT2D eigenvalue weighted by atomic mass is 16.5. The Morgan fingerprint density at radius 1 is 0.667 bits per heavy atom. The van der Waals surface area contributed by atoms with Gasteiger partial charge in [-0.2, -0.15) is 0 Å². The number of carbonyl (C=O) groups excluding carboxylic acids is 1. The van der Waals surface area contributed by atoms with Gasteiger partial charge in [0.1, 0.15) is 0 Å². The summed E-state index contributed by atoms with van der Waals surface area (Å²) in [6, 6.07) is 0. The molecule has 0 spiro atoms. The summed E-state index contributed by atoms with van der Waals surface area (Å²) < 4.78 is 10.3. The molecule has 3 heteroatoms. The zero-order valence-corrected chi connectivity index (χ0v) is 18.5. The van der Waals surface area contributed by atoms with Gasteiger partial charge in [-0.15, -0.1) is 0 Å². The van der Waals surface area contributed by atoms with Gasteiger partial charge in [0.2, 0.25) is 0 Å². The number of ether oxygens (including phenoxy) is 2. The minimum Gasteiger partial charge on any atom is -0.501 e. The molecule has 0 N–H and O–H groups in total. The Bertz CT molecular complexity index is 350. The number of rotatable bonds is 20. The summed E-state index contributed by atoms with van der Waals surface area (Å²) >= 11 is 0. The van der Waals surface area contributed by atoms with Gasteiger partial charge in [-0.05, 0) is 20.3 Å². The number of esters is 1. The van der Waals surface area contributed by atoms with E-state index in [1.807, 2.05) is 6.92 Å². The van der Waals surface area contributed by atoms with Crippen LogP contribution < -0.4 is 0 Å². The lowest BCUT2D eigenvalue weighted by atomic mass is 10.0. The van der Waals surface area contributed by atoms with Crippen molar-refractivity contribution in [2.75, 3.05) is 13.2 Å². The van der Waals surface area contributed by atoms with Crippen LogP contribution in [0.5, 0.6) is 0 Å². The lowest BCUT2D eigenvalue weighted by molar-refractivity contribution is -0.139. The first-order chi connectivity index (χ1) is 13.2. The molecule has 27 heavy (non-hydrogen) atoms. The second-order valence-corrected chi connectivity index (χ2v) is 7.70. The molecule has 3 nitrogen and oxygen atoms in total. The van der Waals surface area contributed by atoms with Crippen LogP contribution in [-0.4, -0.2) is 19.2 Å². The molecule has 0 aliphatic rings. The summed E-state index contributed by atoms with van der Waals surface area (Å²) in [6.07, 6.45) is 23.1. The van der Waals surface area contributed by atoms with Crippen LogP contribution in [-0.2, 0) is 14.3 Å². The quantitative estimate of drug-likeness (QED) is 0.0935. The van der Waals surface area contributed by atoms with Crippen molar-refractivity contribution in [3.05, 3.63) is 11.8 Å². The fourth-order valence-corrected chi connectivity index (χ4v) is 3.19. The molecule has 0 rings (SSSR count). The van der Waals surface area contributed by atoms with Crippen LogP contribution in [0.25, 0.3) is 0 Å². The molecule has 0 amide bonds. The van der Waals surface area contributed by atoms with E-state index >= 15 is 0 Å². The summed E-state index contributed by atoms with van der Waals surface area (Å²) in [5.74, 6) is -0.260. The molecule has 0 aliphatic carbocycles. The van der Waals surface area contributed by atoms with E-state index in [2.05, 4.69) is 6.92 Å². The van der Waals surface area contributed by atoms with E-state index in [0.29, 0.717) is 18.8 Å². The highest BCUT2D eigenvalue weighted by molar-refractivity contribution is 5.87. The molecule has 0 radical (unpaired) electrons. The van der Waals surface area contributed by atoms with Gasteiger partial charge in [-0.1, -0.05) is 103 Å². The Morgan fingerprint density at radius 3 is 1.48 bits per heavy atom. The first-order valence-electron chi connectivity index (χ1n) is 11.7. The van der Waals surface area contributed by atoms with Crippen molar-refractivity contribution in [2.24, 2.45) is 0 Å². The summed E-state index contributed by atoms with van der Waals surface area (Å²) in [7, 11) is 0. The highest BCUT2D eigenvalue weighted by Crippen LogP contribution is 2.13. The van der Waals surface area contributed by atoms with Gasteiger partial charge in [0, 0.05) is 0 Å². The molecule has 0 bridgehead atoms. The van der Waals surface area contributed by atoms with Crippen LogP contribution in [0.3, 0.4) is 0 Å². The number of carbonyl (C=O) groups is 1. The van der Waals surface area contributed by atoms with E-state index in [9.17, 15) is 4.79 Å². The van der Waals surface area contributed by atoms with Crippen molar-refractivity contribution in [2.45, 2.75) is 124 Å². The van der Waals surface area contributed by atoms with Crippen LogP contribution >= 0.6 is 0 Å². The molecule has 0 saturated heterocycles. The Labute approximate surface area is 169 Å². The highest BCUT2D eigenvalue weighted by Gasteiger charge is 2.05. The van der Waals surface area contributed by atoms with Gasteiger partial charge in [0.05, 0.1) is 25.0 Å². The maximum Gasteiger partial charge on any atom is 0.336 e. The molecule has 0 heterocycles. The number of unbranched alkanes of at least 4 members (excludes halogenated alkanes) is 15. The molecule has 0 aromatic heterocycles. The van der Waals surface area contributed by atoms with Gasteiger partial charge in [0.15, 0.2) is 0 Å². The normalized spacial score (nSPS) is 11.6. The summed E-state index contributed by atoms with van der Waals surface area (Å²) in [5, 5.41) is 0. The maximum atomic E-state index is 11.6. The van der Waals surface area contributed by atoms with E-state index in [1.165, 1.54) is 96.2 Å². The minimum atomic E-state index is -0.260. The van der Waals surface area contributed by atoms with E-state index in [4.69, 9.17) is 9.47 Å². The third-order valence-corrected chi connectivity index (χ3v) is 4.98. The third kappa shape index (κ3) is 19.6. The summed E-state index contributed by atoms with van der Waals surface area (Å²) in [4.78, 5) is 11.6. The zero-order chi connectivity index (χ0) is 20.0. The average Bonchev–Trinajstić information content (AvgIpc) is 2.68. The van der Waals surface area contributed by atoms with Gasteiger partial charge < -0.3 is 9.47 Å². The van der Waals surface area contributed by atoms with Crippen LogP contribution in [0.4, 0.5) is 0 Å². The molecule has 0 aromatic carbocycles. The van der Waals surface area contributed by atoms with Crippen molar-refractivity contribution in [1.29, 1.82) is 0 Å². The number of hydrogen-bond acceptors (Lipinski definition) is 3. The molecule has 0 aromatic rings. The van der Waals surface area contributed by atoms with Crippen LogP contribution in [0.2, 0.25) is 0 Å². The molecule has 0 aliphatic heterocycles. The SMILES string of the molecule is CCCCCCCCCCCCCCCCCCOC(=O)C(C)=COCC. The first kappa shape index (κ1) is 26.0. The molecule has 0 saturated carbocycles. The molecule has 0 unspecified atom stereocenters. The van der Waals surface area contributed by atoms with Crippen molar-refractivity contribution < 1.29 is 14.3 Å². The monoisotopic (exact) mass is 382 g/mol. The summed E-state index contributed by atoms with van der Waals surface area (Å²) in [6.45, 7) is 7.00. The van der Waals surface area contributed by atoms with Crippen LogP contribution in [0.1, 0.15) is 124 Å². The smallest absolute Gasteiger partial charge is 0.336 e. The van der Waals surface area contributed by atoms with Crippen molar-refractivity contribution >= 4 is 5.97 Å². The average molecular weight is 383 g/mol. The molecule has 160 valence electrons. The van der Waals surface area contributed by atoms with Gasteiger partial charge >= 0.3 is 5.97 Å². The lowest BCUT2D eigenvalue weighted by Crippen LogP contribution is -2.07. The zero-order valence-electron chi connectivity index (χ0n) is 18.5. The van der Waals surface area contributed by atoms with E-state index in [-0.39, 0.29) is 5.97 Å². The second kappa shape index (κ2) is 21.3. The Hall–Kier alpha value is -0.990. The van der Waals surface area contributed by atoms with Crippen molar-refractivity contribution in [1.82, 2.24) is 0 Å². The molecule has 0 fully saturated rings. The predicted molar refractivity (Wildman–Crippen MR) is 116 cm³/mol. The van der Waals surface area contributed by atoms with Crippen molar-refractivity contribution in [3.63, 3.8) is 0 Å². The van der Waals surface area contributed by atoms with Crippen LogP contribution in [0.15, 0.2) is 11.8 Å². The minimum absolute atomic E-state index is 0.260. The maximum absolute atomic E-state index is 11.6. The molecular weight excluding hydrogens is 336 g/mol. The first-order valence-corrected chi connectivity index (χ1v) is 11.7. The van der Waals surface area contributed by atoms with Gasteiger partial charge in [-0.3, -0.25) is 0 Å². The Balaban J connectivity index is 3.20. The van der Waals surface area contributed by atoms with Crippen molar-refractivity contribution in [3.8, 4) is 0 Å². The third-order valence-electron chi connectivity index (χ3n) is 4.98. The standard InChI is InChI=1S/C24H46O3/c1-4-6-7-8-9-10-11-12-13-14-15-16-17-18-19-20-21-27-24(25)23(3)22-26-5-2/h22H,4-21H2,1-3H3. The Morgan fingerprint density at radius 2 is 1.07 bits per heavy atom. The largest absolute Gasteiger partial charge is 0.501 e. The fraction of sp³-hybridized carbons (Fsp3) is 0.875. The topological polar surface area (TPSA) is 35.5 Å². The lowest BCUT2D eigenvalue weighted by Gasteiger charge is -2.05. The van der Waals surface area contributed by atoms with Gasteiger partial charge in [-0.25, -0.2) is 4.79 Å². The van der Waals surface area contributed by atoms with E-state index in [0.717, 1.165) is 12.8 Å². The fourth-order valence-electron chi connectivity index (χ4n) is 3.19. The second-order valence-electron chi connectivity index (χ2n) is 7.70. The molecule has 0 atom stereocenters. The summed E-state index contributed by atoms with van der Waals surface area (Å²) in [5.41, 5.74) is 0.536. The van der Waals surface area contributed by atoms with Crippen LogP contribution in [0, 0.1) is 0 Å². The predicted octanol–water partition coefficient (Wildman–Crippen LogP) is 7.73. The van der Waals surface area contributed by atoms with E-state index in [1.54, 1.807) is 6.92 Å². The Kier molecular flexibility index (Phi) is 20.5. The number of hydrogen-bond donors (Lipinski definition) is 0.